The van der Waals surface area contributed by atoms with Crippen molar-refractivity contribution in [1.82, 2.24) is 5.32 Å². The first-order chi connectivity index (χ1) is 31.6. The van der Waals surface area contributed by atoms with Crippen molar-refractivity contribution in [3.05, 3.63) is 24.3 Å². The predicted octanol–water partition coefficient (Wildman–Crippen LogP) is -5.81. The number of amides is 2. The molecule has 2 amide bonds. The van der Waals surface area contributed by atoms with Crippen LogP contribution in [0, 0.1) is 0 Å². The van der Waals surface area contributed by atoms with Crippen molar-refractivity contribution >= 4 is 81.9 Å². The van der Waals surface area contributed by atoms with E-state index in [2.05, 4.69) is 28.5 Å². The summed E-state index contributed by atoms with van der Waals surface area (Å²) in [4.78, 5) is 36.8. The molecule has 0 saturated carbocycles. The Morgan fingerprint density at radius 1 is 0.853 bits per heavy atom. The molecule has 9 N–H and O–H groups in total. The van der Waals surface area contributed by atoms with Crippen molar-refractivity contribution in [2.45, 2.75) is 130 Å². The van der Waals surface area contributed by atoms with Gasteiger partial charge >= 0.3 is 0 Å². The van der Waals surface area contributed by atoms with Crippen LogP contribution >= 0.6 is 21.6 Å². The summed E-state index contributed by atoms with van der Waals surface area (Å²) < 4.78 is 139. The molecule has 29 nitrogen and oxygen atoms in total. The molecule has 0 spiro atoms. The van der Waals surface area contributed by atoms with E-state index < -0.39 is 149 Å². The van der Waals surface area contributed by atoms with Gasteiger partial charge in [0.05, 0.1) is 25.3 Å². The summed E-state index contributed by atoms with van der Waals surface area (Å²) in [6.07, 6.45) is -28.2. The van der Waals surface area contributed by atoms with Crippen molar-refractivity contribution in [3.63, 3.8) is 0 Å². The fourth-order valence-electron chi connectivity index (χ4n) is 6.91. The number of ether oxygens (including phenoxy) is 4. The average molecular weight is 1080 g/mol. The zero-order chi connectivity index (χ0) is 50.7. The van der Waals surface area contributed by atoms with Crippen molar-refractivity contribution < 1.29 is 121 Å². The molecule has 3 heterocycles. The lowest BCUT2D eigenvalue weighted by Gasteiger charge is -2.49. The predicted molar refractivity (Wildman–Crippen MR) is 222 cm³/mol. The van der Waals surface area contributed by atoms with E-state index >= 15 is 0 Å². The number of aliphatic carboxylic acids is 1. The number of carbonyl (C=O) groups excluding carboxylic acids is 3. The quantitative estimate of drug-likeness (QED) is 0.0181. The second-order valence-electron chi connectivity index (χ2n) is 15.3. The van der Waals surface area contributed by atoms with Crippen LogP contribution < -0.4 is 21.1 Å². The van der Waals surface area contributed by atoms with Gasteiger partial charge in [-0.25, -0.2) is 25.3 Å². The number of carboxylic acids is 1. The van der Waals surface area contributed by atoms with Crippen LogP contribution in [0.15, 0.2) is 24.3 Å². The molecule has 3 aliphatic rings. The fraction of sp³-hybridized carbons (Fsp3) is 0.735. The number of carboxylic acid groups (broad SMARTS) is 1. The topological polar surface area (TPSA) is 468 Å². The van der Waals surface area contributed by atoms with Gasteiger partial charge in [-0.1, -0.05) is 34.1 Å². The normalized spacial score (nSPS) is 29.9. The Hall–Kier alpha value is -2.66. The average Bonchev–Trinajstić information content (AvgIpc) is 3.76. The second-order valence-corrected chi connectivity index (χ2v) is 21.1. The summed E-state index contributed by atoms with van der Waals surface area (Å²) in [5, 5.41) is 83.9. The number of aliphatic hydroxyl groups excluding tert-OH is 6. The standard InChI is InChI=1S/C34H53N3O26S5/c1-15(38)36-23-29(60-34-31(63-68(54,55)56)27(45)26(44)30(61-34)32(46)47)28(62-67(51,52)53)21(14-58-66(48,49)50)59-33(23)57-13-20(40)25(43)24(42)19(39)12-35-16-5-4-6-17(11-16)37-22(41)8-3-2-7-18-9-10-64-65-18/h4-6,11,18-21,23-31,33-35,39-40,42-45H,2-3,7-10,12-14H2,1H3,(H,36,38)(H,37,41)(H,46,47)(H,48,49,50)(H,51,52,53)(H,54,55,56)/p-4/t18?,19-,20+,21+,23+,24+,25+,26-,27-,28-,29+,30-,31+,33-,34+/m0/s1. The maximum absolute atomic E-state index is 12.5. The maximum Gasteiger partial charge on any atom is 0.224 e. The van der Waals surface area contributed by atoms with E-state index in [-0.39, 0.29) is 5.91 Å². The first kappa shape index (κ1) is 57.9. The Bertz CT molecular complexity index is 2170. The molecular weight excluding hydrogens is 1030 g/mol. The molecule has 0 radical (unpaired) electrons. The van der Waals surface area contributed by atoms with E-state index in [1.807, 2.05) is 21.6 Å². The summed E-state index contributed by atoms with van der Waals surface area (Å²) in [6, 6.07) is 4.05. The van der Waals surface area contributed by atoms with Gasteiger partial charge in [0.1, 0.15) is 61.0 Å². The summed E-state index contributed by atoms with van der Waals surface area (Å²) >= 11 is 0. The molecule has 390 valence electrons. The summed E-state index contributed by atoms with van der Waals surface area (Å²) in [6.45, 7) is -2.53. The van der Waals surface area contributed by atoms with Crippen LogP contribution in [0.2, 0.25) is 0 Å². The Kier molecular flexibility index (Phi) is 21.8. The highest BCUT2D eigenvalue weighted by Crippen LogP contribution is 2.40. The molecule has 3 fully saturated rings. The lowest BCUT2D eigenvalue weighted by atomic mass is 9.95. The van der Waals surface area contributed by atoms with Gasteiger partial charge in [0, 0.05) is 42.3 Å². The molecule has 1 aromatic rings. The summed E-state index contributed by atoms with van der Waals surface area (Å²) in [5.74, 6) is -2.56. The van der Waals surface area contributed by atoms with E-state index in [0.29, 0.717) is 29.5 Å². The second kappa shape index (κ2) is 25.6. The van der Waals surface area contributed by atoms with Gasteiger partial charge in [0.2, 0.25) is 43.0 Å². The Balaban J connectivity index is 1.51. The Morgan fingerprint density at radius 2 is 1.50 bits per heavy atom. The van der Waals surface area contributed by atoms with Gasteiger partial charge in [0.15, 0.2) is 18.7 Å². The molecule has 3 saturated heterocycles. The monoisotopic (exact) mass is 1080 g/mol. The van der Waals surface area contributed by atoms with Gasteiger partial charge < -0.3 is 89.1 Å². The first-order valence-corrected chi connectivity index (χ1v) is 26.5. The van der Waals surface area contributed by atoms with Crippen LogP contribution in [0.4, 0.5) is 11.4 Å². The molecule has 0 aromatic heterocycles. The lowest BCUT2D eigenvalue weighted by Crippen LogP contribution is -2.69. The molecule has 0 aliphatic carbocycles. The van der Waals surface area contributed by atoms with Gasteiger partial charge in [-0.2, -0.15) is 0 Å². The Morgan fingerprint density at radius 3 is 2.10 bits per heavy atom. The molecule has 3 aliphatic heterocycles. The van der Waals surface area contributed by atoms with Gasteiger partial charge in [-0.3, -0.25) is 22.1 Å². The fourth-order valence-corrected chi connectivity index (χ4v) is 11.2. The third kappa shape index (κ3) is 18.5. The van der Waals surface area contributed by atoms with Crippen LogP contribution in [0.25, 0.3) is 0 Å². The third-order valence-electron chi connectivity index (χ3n) is 10.1. The maximum atomic E-state index is 12.5. The number of aliphatic hydroxyl groups is 6. The minimum atomic E-state index is -6.04. The molecule has 4 rings (SSSR count). The number of anilines is 2. The smallest absolute Gasteiger partial charge is 0.224 e. The molecule has 15 atom stereocenters. The largest absolute Gasteiger partial charge is 0.726 e. The van der Waals surface area contributed by atoms with Crippen LogP contribution in [0.3, 0.4) is 0 Å². The van der Waals surface area contributed by atoms with E-state index in [9.17, 15) is 89.0 Å². The highest BCUT2D eigenvalue weighted by molar-refractivity contribution is 8.77. The Labute approximate surface area is 396 Å². The minimum absolute atomic E-state index is 0.222. The van der Waals surface area contributed by atoms with E-state index in [1.165, 1.54) is 6.07 Å². The van der Waals surface area contributed by atoms with Gasteiger partial charge in [-0.15, -0.1) is 0 Å². The van der Waals surface area contributed by atoms with E-state index in [1.54, 1.807) is 18.2 Å². The third-order valence-corrected chi connectivity index (χ3v) is 14.4. The number of unbranched alkanes of at least 4 members (excludes halogenated alkanes) is 1. The number of hydrogen-bond donors (Lipinski definition) is 9. The SMILES string of the molecule is CC(=O)N[C@H]1[C@@H](OC[C@@H](O)[C@@H](O)[C@H](O)[C@@H](O)CNc2cccc(NC(=O)CCCCC3CCSS3)c2)O[C@H](COS(=O)(=O)[O-])[C@H](OS(=O)(=O)[O-])[C@@H]1O[C@@H]1O[C@H](C(=O)[O-])[C@@H](O)[C@H](O)[C@H]1OS(=O)(=O)[O-]. The first-order valence-electron chi connectivity index (χ1n) is 20.1. The van der Waals surface area contributed by atoms with Crippen molar-refractivity contribution in [2.24, 2.45) is 0 Å². The zero-order valence-corrected chi connectivity index (χ0v) is 39.3. The minimum Gasteiger partial charge on any atom is -0.726 e. The molecule has 34 heteroatoms. The number of rotatable bonds is 26. The highest BCUT2D eigenvalue weighted by Gasteiger charge is 2.55. The molecular formula is C34H49N3O26S5-4. The molecule has 68 heavy (non-hydrogen) atoms. The van der Waals surface area contributed by atoms with Gasteiger partial charge in [0.25, 0.3) is 0 Å². The van der Waals surface area contributed by atoms with Crippen LogP contribution in [0.1, 0.15) is 39.0 Å². The van der Waals surface area contributed by atoms with E-state index in [0.717, 1.165) is 31.9 Å². The van der Waals surface area contributed by atoms with Crippen molar-refractivity contribution in [1.29, 1.82) is 0 Å². The number of carbonyl (C=O) groups is 3. The number of benzene rings is 1. The number of hydrogen-bond acceptors (Lipinski definition) is 29. The van der Waals surface area contributed by atoms with Crippen molar-refractivity contribution in [2.75, 3.05) is 36.1 Å². The lowest BCUT2D eigenvalue weighted by molar-refractivity contribution is -0.362. The highest BCUT2D eigenvalue weighted by atomic mass is 33.1. The molecule has 1 unspecified atom stereocenters. The van der Waals surface area contributed by atoms with Crippen LogP contribution in [-0.4, -0.2) is 204 Å². The number of nitrogens with one attached hydrogen (secondary N) is 3. The molecule has 0 bridgehead atoms. The van der Waals surface area contributed by atoms with Crippen LogP contribution in [0.5, 0.6) is 0 Å². The van der Waals surface area contributed by atoms with Crippen LogP contribution in [-0.2, 0) is 77.1 Å². The zero-order valence-electron chi connectivity index (χ0n) is 35.2. The van der Waals surface area contributed by atoms with Gasteiger partial charge in [-0.05, 0) is 37.5 Å². The molecule has 1 aromatic carbocycles. The summed E-state index contributed by atoms with van der Waals surface area (Å²) in [5.41, 5.74) is 0.755. The van der Waals surface area contributed by atoms with E-state index in [4.69, 9.17) is 18.9 Å². The van der Waals surface area contributed by atoms with Crippen molar-refractivity contribution in [3.8, 4) is 0 Å². The summed E-state index contributed by atoms with van der Waals surface area (Å²) in [7, 11) is -14.0.